The van der Waals surface area contributed by atoms with E-state index in [2.05, 4.69) is 17.6 Å². The van der Waals surface area contributed by atoms with Crippen molar-refractivity contribution in [2.75, 3.05) is 51.5 Å². The molecule has 3 aliphatic carbocycles. The number of rotatable bonds is 16. The van der Waals surface area contributed by atoms with Crippen LogP contribution < -0.4 is 21.3 Å². The second-order valence-electron chi connectivity index (χ2n) is 14.1. The number of amides is 2. The maximum atomic E-state index is 14.2. The number of aliphatic hydroxyl groups is 3. The van der Waals surface area contributed by atoms with Crippen LogP contribution in [0.4, 0.5) is 11.4 Å². The minimum atomic E-state index is -2.73. The Labute approximate surface area is 312 Å². The summed E-state index contributed by atoms with van der Waals surface area (Å²) in [6.07, 6.45) is 10.9. The minimum Gasteiger partial charge on any atom is -0.510 e. The number of carbonyl (C=O) groups excluding carboxylic acids is 4. The summed E-state index contributed by atoms with van der Waals surface area (Å²) in [5.74, 6) is -7.67. The Morgan fingerprint density at radius 3 is 2.10 bits per heavy atom. The first-order chi connectivity index (χ1) is 23.2. The number of ketones is 2. The molecular formula is C36H55Cl2N5O8. The lowest BCUT2D eigenvalue weighted by atomic mass is 9.58. The van der Waals surface area contributed by atoms with Crippen LogP contribution in [0.3, 0.4) is 0 Å². The number of carbonyl (C=O) groups is 4. The van der Waals surface area contributed by atoms with Gasteiger partial charge in [-0.3, -0.25) is 24.1 Å². The number of allylic oxidation sites excluding steroid dienone is 1. The molecule has 51 heavy (non-hydrogen) atoms. The summed E-state index contributed by atoms with van der Waals surface area (Å²) >= 11 is 0. The van der Waals surface area contributed by atoms with Crippen LogP contribution in [0, 0.1) is 11.8 Å². The van der Waals surface area contributed by atoms with Gasteiger partial charge < -0.3 is 41.7 Å². The number of aromatic hydroxyl groups is 1. The van der Waals surface area contributed by atoms with Gasteiger partial charge in [0.05, 0.1) is 23.8 Å². The van der Waals surface area contributed by atoms with E-state index < -0.39 is 69.7 Å². The van der Waals surface area contributed by atoms with Crippen LogP contribution in [0.2, 0.25) is 0 Å². The number of halogens is 2. The van der Waals surface area contributed by atoms with Gasteiger partial charge >= 0.3 is 0 Å². The third kappa shape index (κ3) is 8.65. The summed E-state index contributed by atoms with van der Waals surface area (Å²) in [6.45, 7) is 2.87. The van der Waals surface area contributed by atoms with Gasteiger partial charge in [0, 0.05) is 31.3 Å². The maximum Gasteiger partial charge on any atom is 0.255 e. The molecule has 8 N–H and O–H groups in total. The molecule has 0 aromatic heterocycles. The van der Waals surface area contributed by atoms with Gasteiger partial charge in [-0.1, -0.05) is 58.3 Å². The number of phenolic OH excluding ortho intramolecular Hbond substituents is 1. The molecule has 2 unspecified atom stereocenters. The molecule has 0 fully saturated rings. The van der Waals surface area contributed by atoms with Gasteiger partial charge in [-0.05, 0) is 57.5 Å². The Morgan fingerprint density at radius 2 is 1.55 bits per heavy atom. The second-order valence-corrected chi connectivity index (χ2v) is 14.1. The molecule has 0 aliphatic heterocycles. The molecule has 0 saturated heterocycles. The molecule has 0 heterocycles. The highest BCUT2D eigenvalue weighted by Gasteiger charge is 2.63. The average molecular weight is 757 g/mol. The van der Waals surface area contributed by atoms with Crippen molar-refractivity contribution in [2.45, 2.75) is 89.2 Å². The van der Waals surface area contributed by atoms with Crippen LogP contribution in [0.5, 0.6) is 5.75 Å². The van der Waals surface area contributed by atoms with Crippen LogP contribution in [0.25, 0.3) is 0 Å². The lowest BCUT2D eigenvalue weighted by Gasteiger charge is -2.50. The highest BCUT2D eigenvalue weighted by Crippen LogP contribution is 2.53. The molecule has 4 atom stereocenters. The van der Waals surface area contributed by atoms with Crippen molar-refractivity contribution < 1.29 is 39.6 Å². The SMILES string of the molecule is CCCCCCCCCCCNCC(=O)Nc1cc(N(C)C)c2c(c1O)C(=O)C1=C(O)[C@]3(O)C(=O)C(C(N)=O)=C(O)[C@@H](N(C)C)C3CC1C2.Cl.Cl. The number of hydrogen-bond acceptors (Lipinski definition) is 11. The first-order valence-electron chi connectivity index (χ1n) is 17.4. The molecule has 1 aromatic carbocycles. The van der Waals surface area contributed by atoms with E-state index in [0.717, 1.165) is 19.3 Å². The monoisotopic (exact) mass is 755 g/mol. The van der Waals surface area contributed by atoms with Crippen molar-refractivity contribution in [2.24, 2.45) is 17.6 Å². The Kier molecular flexibility index (Phi) is 15.8. The van der Waals surface area contributed by atoms with Crippen molar-refractivity contribution in [3.63, 3.8) is 0 Å². The quantitative estimate of drug-likeness (QED) is 0.0727. The third-order valence-electron chi connectivity index (χ3n) is 10.2. The summed E-state index contributed by atoms with van der Waals surface area (Å²) in [5.41, 5.74) is 2.44. The minimum absolute atomic E-state index is 0. The first-order valence-corrected chi connectivity index (χ1v) is 17.4. The van der Waals surface area contributed by atoms with E-state index >= 15 is 0 Å². The van der Waals surface area contributed by atoms with Crippen LogP contribution >= 0.6 is 24.8 Å². The fraction of sp³-hybridized carbons (Fsp3) is 0.611. The number of nitrogens with one attached hydrogen (secondary N) is 2. The van der Waals surface area contributed by atoms with Gasteiger partial charge in [0.15, 0.2) is 17.1 Å². The van der Waals surface area contributed by atoms with Crippen LogP contribution in [0.1, 0.15) is 87.1 Å². The lowest BCUT2D eigenvalue weighted by Crippen LogP contribution is -2.63. The molecule has 4 rings (SSSR count). The second kappa shape index (κ2) is 18.4. The van der Waals surface area contributed by atoms with E-state index in [4.69, 9.17) is 5.73 Å². The van der Waals surface area contributed by atoms with Crippen molar-refractivity contribution in [3.05, 3.63) is 39.9 Å². The highest BCUT2D eigenvalue weighted by molar-refractivity contribution is 6.25. The van der Waals surface area contributed by atoms with Gasteiger partial charge in [0.2, 0.25) is 11.7 Å². The van der Waals surface area contributed by atoms with Crippen molar-refractivity contribution in [3.8, 4) is 5.75 Å². The van der Waals surface area contributed by atoms with Gasteiger partial charge in [-0.2, -0.15) is 0 Å². The predicted molar refractivity (Wildman–Crippen MR) is 201 cm³/mol. The number of aliphatic hydroxyl groups excluding tert-OH is 2. The van der Waals surface area contributed by atoms with Gasteiger partial charge in [0.1, 0.15) is 17.1 Å². The molecule has 286 valence electrons. The summed E-state index contributed by atoms with van der Waals surface area (Å²) in [7, 11) is 6.68. The van der Waals surface area contributed by atoms with Gasteiger partial charge in [-0.15, -0.1) is 24.8 Å². The number of fused-ring (bicyclic) bond motifs is 3. The van der Waals surface area contributed by atoms with E-state index in [1.807, 2.05) is 0 Å². The largest absolute Gasteiger partial charge is 0.510 e. The molecule has 0 spiro atoms. The molecular weight excluding hydrogens is 701 g/mol. The zero-order valence-electron chi connectivity index (χ0n) is 30.2. The predicted octanol–water partition coefficient (Wildman–Crippen LogP) is 4.09. The number of phenols is 1. The number of benzene rings is 1. The Morgan fingerprint density at radius 1 is 0.961 bits per heavy atom. The van der Waals surface area contributed by atoms with Gasteiger partial charge in [0.25, 0.3) is 5.91 Å². The number of hydrogen-bond donors (Lipinski definition) is 7. The number of primary amides is 1. The topological polar surface area (TPSA) is 206 Å². The van der Waals surface area contributed by atoms with Crippen molar-refractivity contribution in [1.82, 2.24) is 10.2 Å². The number of Topliss-reactive ketones (excluding diaryl/α,β-unsaturated/α-hetero) is 2. The van der Waals surface area contributed by atoms with Crippen LogP contribution in [-0.4, -0.2) is 102 Å². The standard InChI is InChI=1S/C36H53N5O8.2ClH/c1-6-7-8-9-10-11-12-13-14-15-38-19-25(42)39-23-18-24(40(2)3)21-16-20-17-22-29(41(4)5)32(45)28(35(37)48)34(47)36(22,49)33(46)26(20)31(44)27(21)30(23)43;;/h18,20,22,29,38,43,45-46,49H,6-17,19H2,1-5H3,(H2,37,48)(H,39,42);2*1H/t20?,22?,29-,36-;;/m0../s1. The summed E-state index contributed by atoms with van der Waals surface area (Å²) < 4.78 is 0. The zero-order valence-corrected chi connectivity index (χ0v) is 31.8. The summed E-state index contributed by atoms with van der Waals surface area (Å²) in [6, 6.07) is 0.521. The first kappa shape index (κ1) is 43.8. The van der Waals surface area contributed by atoms with Crippen molar-refractivity contribution >= 4 is 59.6 Å². The fourth-order valence-electron chi connectivity index (χ4n) is 7.75. The zero-order chi connectivity index (χ0) is 36.2. The number of nitrogens with zero attached hydrogens (tertiary/aromatic N) is 2. The molecule has 2 amide bonds. The van der Waals surface area contributed by atoms with Crippen molar-refractivity contribution in [1.29, 1.82) is 0 Å². The van der Waals surface area contributed by atoms with Crippen LogP contribution in [0.15, 0.2) is 28.7 Å². The molecule has 0 radical (unpaired) electrons. The fourth-order valence-corrected chi connectivity index (χ4v) is 7.75. The highest BCUT2D eigenvalue weighted by atomic mass is 35.5. The number of nitrogens with two attached hydrogens (primary N) is 1. The molecule has 15 heteroatoms. The molecule has 0 saturated carbocycles. The smallest absolute Gasteiger partial charge is 0.255 e. The lowest BCUT2D eigenvalue weighted by molar-refractivity contribution is -0.148. The maximum absolute atomic E-state index is 14.2. The molecule has 1 aromatic rings. The Balaban J connectivity index is 0.00000451. The number of anilines is 2. The molecule has 13 nitrogen and oxygen atoms in total. The average Bonchev–Trinajstić information content (AvgIpc) is 3.02. The Hall–Kier alpha value is -3.36. The van der Waals surface area contributed by atoms with E-state index in [1.54, 1.807) is 39.2 Å². The summed E-state index contributed by atoms with van der Waals surface area (Å²) in [4.78, 5) is 56.1. The van der Waals surface area contributed by atoms with Gasteiger partial charge in [-0.25, -0.2) is 0 Å². The normalized spacial score (nSPS) is 22.5. The third-order valence-corrected chi connectivity index (χ3v) is 10.2. The number of likely N-dealkylation sites (N-methyl/N-ethyl adjacent to an activating group) is 1. The van der Waals surface area contributed by atoms with E-state index in [0.29, 0.717) is 17.8 Å². The molecule has 0 bridgehead atoms. The molecule has 3 aliphatic rings. The van der Waals surface area contributed by atoms with Crippen LogP contribution in [-0.2, 0) is 20.8 Å². The van der Waals surface area contributed by atoms with E-state index in [1.165, 1.54) is 43.4 Å². The number of unbranched alkanes of at least 4 members (excludes halogenated alkanes) is 8. The van der Waals surface area contributed by atoms with E-state index in [-0.39, 0.29) is 61.0 Å². The Bertz CT molecular complexity index is 1550. The summed E-state index contributed by atoms with van der Waals surface area (Å²) in [5, 5.41) is 51.6. The van der Waals surface area contributed by atoms with E-state index in [9.17, 15) is 39.6 Å².